The number of nitrogens with one attached hydrogen (secondary N) is 1. The van der Waals surface area contributed by atoms with E-state index in [0.29, 0.717) is 24.8 Å². The Labute approximate surface area is 143 Å². The number of nitrogen functional groups attached to an aromatic ring is 1. The van der Waals surface area contributed by atoms with Crippen LogP contribution >= 0.6 is 0 Å². The maximum absolute atomic E-state index is 5.84. The largest absolute Gasteiger partial charge is 0.447 e. The second kappa shape index (κ2) is 6.23. The van der Waals surface area contributed by atoms with Crippen LogP contribution in [-0.4, -0.2) is 24.5 Å². The summed E-state index contributed by atoms with van der Waals surface area (Å²) in [6.45, 7) is 2.91. The van der Waals surface area contributed by atoms with Crippen molar-refractivity contribution in [2.75, 3.05) is 11.1 Å². The molecular formula is C17H17N7O. The molecule has 0 bridgehead atoms. The average Bonchev–Trinajstić information content (AvgIpc) is 3.20. The number of aryl methyl sites for hydroxylation is 1. The van der Waals surface area contributed by atoms with Gasteiger partial charge in [0.15, 0.2) is 5.82 Å². The van der Waals surface area contributed by atoms with Crippen LogP contribution in [0.2, 0.25) is 0 Å². The van der Waals surface area contributed by atoms with E-state index in [4.69, 9.17) is 10.2 Å². The molecule has 0 unspecified atom stereocenters. The van der Waals surface area contributed by atoms with Gasteiger partial charge in [-0.1, -0.05) is 6.07 Å². The van der Waals surface area contributed by atoms with Gasteiger partial charge in [0.2, 0.25) is 11.8 Å². The number of nitrogens with zero attached hydrogens (tertiary/aromatic N) is 5. The summed E-state index contributed by atoms with van der Waals surface area (Å²) in [5.74, 6) is 1.44. The smallest absolute Gasteiger partial charge is 0.222 e. The normalized spacial score (nSPS) is 11.1. The highest BCUT2D eigenvalue weighted by atomic mass is 16.3. The Morgan fingerprint density at radius 3 is 2.88 bits per heavy atom. The van der Waals surface area contributed by atoms with Crippen LogP contribution in [0.1, 0.15) is 17.3 Å². The molecule has 3 N–H and O–H groups in total. The molecule has 0 aliphatic heterocycles. The van der Waals surface area contributed by atoms with Crippen LogP contribution in [-0.2, 0) is 13.1 Å². The molecule has 0 fully saturated rings. The van der Waals surface area contributed by atoms with Crippen LogP contribution in [0.15, 0.2) is 47.3 Å². The summed E-state index contributed by atoms with van der Waals surface area (Å²) in [5, 5.41) is 3.24. The van der Waals surface area contributed by atoms with Crippen molar-refractivity contribution in [1.82, 2.24) is 24.5 Å². The number of nitrogens with two attached hydrogens (primary N) is 1. The molecule has 0 spiro atoms. The first-order valence-electron chi connectivity index (χ1n) is 7.86. The molecule has 0 saturated carbocycles. The van der Waals surface area contributed by atoms with Crippen LogP contribution in [0.5, 0.6) is 0 Å². The highest BCUT2D eigenvalue weighted by molar-refractivity contribution is 5.87. The van der Waals surface area contributed by atoms with Gasteiger partial charge in [0.25, 0.3) is 0 Å². The summed E-state index contributed by atoms with van der Waals surface area (Å²) in [6.07, 6.45) is 5.35. The molecule has 0 aliphatic carbocycles. The first-order valence-corrected chi connectivity index (χ1v) is 7.86. The number of fused-ring (bicyclic) bond motifs is 1. The van der Waals surface area contributed by atoms with E-state index in [1.165, 1.54) is 0 Å². The molecule has 4 aromatic rings. The average molecular weight is 335 g/mol. The van der Waals surface area contributed by atoms with E-state index >= 15 is 0 Å². The van der Waals surface area contributed by atoms with E-state index in [-0.39, 0.29) is 5.95 Å². The number of oxazole rings is 1. The Bertz CT molecular complexity index is 1010. The lowest BCUT2D eigenvalue weighted by Crippen LogP contribution is -2.08. The molecular weight excluding hydrogens is 318 g/mol. The van der Waals surface area contributed by atoms with Crippen molar-refractivity contribution in [3.05, 3.63) is 60.2 Å². The lowest BCUT2D eigenvalue weighted by Gasteiger charge is -2.10. The summed E-state index contributed by atoms with van der Waals surface area (Å²) in [4.78, 5) is 17.3. The zero-order valence-electron chi connectivity index (χ0n) is 13.7. The Hall–Kier alpha value is -3.42. The fourth-order valence-corrected chi connectivity index (χ4v) is 2.69. The van der Waals surface area contributed by atoms with Crippen molar-refractivity contribution in [3.8, 4) is 0 Å². The number of hydrogen-bond donors (Lipinski definition) is 2. The molecule has 0 saturated heterocycles. The monoisotopic (exact) mass is 335 g/mol. The third-order valence-corrected chi connectivity index (χ3v) is 3.76. The topological polar surface area (TPSA) is 108 Å². The van der Waals surface area contributed by atoms with Gasteiger partial charge in [0, 0.05) is 12.4 Å². The number of anilines is 2. The molecule has 8 heteroatoms. The number of hydrogen-bond acceptors (Lipinski definition) is 7. The van der Waals surface area contributed by atoms with Gasteiger partial charge in [-0.15, -0.1) is 0 Å². The molecule has 4 aromatic heterocycles. The van der Waals surface area contributed by atoms with Crippen molar-refractivity contribution in [2.45, 2.75) is 20.0 Å². The molecule has 0 aliphatic rings. The third-order valence-electron chi connectivity index (χ3n) is 3.76. The van der Waals surface area contributed by atoms with Crippen molar-refractivity contribution in [1.29, 1.82) is 0 Å². The summed E-state index contributed by atoms with van der Waals surface area (Å²) < 4.78 is 7.41. The molecule has 0 amide bonds. The molecule has 0 atom stereocenters. The van der Waals surface area contributed by atoms with Gasteiger partial charge in [-0.2, -0.15) is 4.98 Å². The zero-order valence-corrected chi connectivity index (χ0v) is 13.7. The number of rotatable bonds is 5. The summed E-state index contributed by atoms with van der Waals surface area (Å²) >= 11 is 0. The van der Waals surface area contributed by atoms with Crippen molar-refractivity contribution < 1.29 is 4.42 Å². The Balaban J connectivity index is 1.68. The van der Waals surface area contributed by atoms with Crippen molar-refractivity contribution >= 4 is 22.8 Å². The lowest BCUT2D eigenvalue weighted by atomic mass is 10.3. The molecule has 0 aromatic carbocycles. The predicted molar refractivity (Wildman–Crippen MR) is 93.8 cm³/mol. The lowest BCUT2D eigenvalue weighted by molar-refractivity contribution is 0.503. The van der Waals surface area contributed by atoms with Crippen LogP contribution < -0.4 is 11.1 Å². The molecule has 8 nitrogen and oxygen atoms in total. The zero-order chi connectivity index (χ0) is 17.2. The second-order valence-corrected chi connectivity index (χ2v) is 5.67. The first kappa shape index (κ1) is 15.1. The van der Waals surface area contributed by atoms with Crippen LogP contribution in [0, 0.1) is 6.92 Å². The predicted octanol–water partition coefficient (Wildman–Crippen LogP) is 2.37. The van der Waals surface area contributed by atoms with Gasteiger partial charge >= 0.3 is 0 Å². The van der Waals surface area contributed by atoms with E-state index in [9.17, 15) is 0 Å². The van der Waals surface area contributed by atoms with Crippen LogP contribution in [0.3, 0.4) is 0 Å². The summed E-state index contributed by atoms with van der Waals surface area (Å²) in [5.41, 5.74) is 9.26. The number of pyridine rings is 1. The minimum atomic E-state index is 0.217. The fraction of sp³-hybridized carbons (Fsp3) is 0.176. The Kier molecular flexibility index (Phi) is 3.77. The maximum Gasteiger partial charge on any atom is 0.222 e. The van der Waals surface area contributed by atoms with Crippen molar-refractivity contribution in [3.63, 3.8) is 0 Å². The SMILES string of the molecule is Cc1coc(CNc2nc(N)nc3ccn(Cc4ccccn4)c23)n1. The van der Waals surface area contributed by atoms with Gasteiger partial charge in [0.05, 0.1) is 30.0 Å². The van der Waals surface area contributed by atoms with Gasteiger partial charge in [-0.3, -0.25) is 4.98 Å². The van der Waals surface area contributed by atoms with E-state index in [0.717, 1.165) is 22.4 Å². The van der Waals surface area contributed by atoms with Gasteiger partial charge in [-0.25, -0.2) is 9.97 Å². The highest BCUT2D eigenvalue weighted by Gasteiger charge is 2.13. The van der Waals surface area contributed by atoms with E-state index < -0.39 is 0 Å². The van der Waals surface area contributed by atoms with Crippen molar-refractivity contribution in [2.24, 2.45) is 0 Å². The van der Waals surface area contributed by atoms with Crippen LogP contribution in [0.4, 0.5) is 11.8 Å². The van der Waals surface area contributed by atoms with Crippen LogP contribution in [0.25, 0.3) is 11.0 Å². The minimum Gasteiger partial charge on any atom is -0.447 e. The summed E-state index contributed by atoms with van der Waals surface area (Å²) in [7, 11) is 0. The standard InChI is InChI=1S/C17H17N7O/c1-11-10-25-14(21-11)8-20-16-15-13(22-17(18)23-16)5-7-24(15)9-12-4-2-3-6-19-12/h2-7,10H,8-9H2,1H3,(H3,18,20,22,23). The van der Waals surface area contributed by atoms with E-state index in [1.54, 1.807) is 12.5 Å². The Morgan fingerprint density at radius 2 is 2.12 bits per heavy atom. The Morgan fingerprint density at radius 1 is 1.20 bits per heavy atom. The molecule has 25 heavy (non-hydrogen) atoms. The fourth-order valence-electron chi connectivity index (χ4n) is 2.69. The maximum atomic E-state index is 5.84. The minimum absolute atomic E-state index is 0.217. The van der Waals surface area contributed by atoms with Gasteiger partial charge in [-0.05, 0) is 25.1 Å². The number of aromatic nitrogens is 5. The molecule has 4 heterocycles. The molecule has 4 rings (SSSR count). The molecule has 126 valence electrons. The highest BCUT2D eigenvalue weighted by Crippen LogP contribution is 2.24. The quantitative estimate of drug-likeness (QED) is 0.576. The third kappa shape index (κ3) is 3.14. The summed E-state index contributed by atoms with van der Waals surface area (Å²) in [6, 6.07) is 7.75. The first-order chi connectivity index (χ1) is 12.2. The molecule has 0 radical (unpaired) electrons. The van der Waals surface area contributed by atoms with E-state index in [2.05, 4.69) is 25.3 Å². The second-order valence-electron chi connectivity index (χ2n) is 5.67. The van der Waals surface area contributed by atoms with E-state index in [1.807, 2.05) is 42.0 Å². The van der Waals surface area contributed by atoms with Gasteiger partial charge in [0.1, 0.15) is 11.8 Å². The van der Waals surface area contributed by atoms with Gasteiger partial charge < -0.3 is 20.0 Å².